The van der Waals surface area contributed by atoms with Crippen molar-refractivity contribution in [3.8, 4) is 0 Å². The van der Waals surface area contributed by atoms with Crippen LogP contribution in [-0.4, -0.2) is 11.1 Å². The Labute approximate surface area is 145 Å². The molecule has 110 valence electrons. The highest BCUT2D eigenvalue weighted by atomic mass is 79.9. The summed E-state index contributed by atoms with van der Waals surface area (Å²) in [5.74, 6) is -0.336. The third kappa shape index (κ3) is 3.11. The maximum absolute atomic E-state index is 12.5. The van der Waals surface area contributed by atoms with Crippen LogP contribution in [0.4, 0.5) is 10.5 Å². The summed E-state index contributed by atoms with van der Waals surface area (Å²) in [4.78, 5) is 26.1. The average molecular weight is 395 g/mol. The third-order valence-corrected chi connectivity index (χ3v) is 4.60. The van der Waals surface area contributed by atoms with Crippen molar-refractivity contribution in [3.05, 3.63) is 68.5 Å². The molecular formula is C16H9BrClNO2S. The number of amides is 2. The van der Waals surface area contributed by atoms with Crippen LogP contribution in [0, 0.1) is 0 Å². The van der Waals surface area contributed by atoms with E-state index >= 15 is 0 Å². The van der Waals surface area contributed by atoms with Crippen LogP contribution in [-0.2, 0) is 4.79 Å². The maximum Gasteiger partial charge on any atom is 0.298 e. The van der Waals surface area contributed by atoms with Gasteiger partial charge in [0.15, 0.2) is 0 Å². The molecule has 0 bridgehead atoms. The molecule has 0 atom stereocenters. The van der Waals surface area contributed by atoms with Gasteiger partial charge in [-0.25, -0.2) is 4.90 Å². The Bertz CT molecular complexity index is 806. The Hall–Kier alpha value is -1.56. The molecule has 2 aromatic carbocycles. The van der Waals surface area contributed by atoms with Gasteiger partial charge in [0.05, 0.1) is 10.6 Å². The number of nitrogens with zero attached hydrogens (tertiary/aromatic N) is 1. The Morgan fingerprint density at radius 2 is 1.86 bits per heavy atom. The summed E-state index contributed by atoms with van der Waals surface area (Å²) < 4.78 is 0.912. The van der Waals surface area contributed by atoms with E-state index in [4.69, 9.17) is 11.6 Å². The molecule has 22 heavy (non-hydrogen) atoms. The van der Waals surface area contributed by atoms with Crippen molar-refractivity contribution in [2.24, 2.45) is 0 Å². The average Bonchev–Trinajstić information content (AvgIpc) is 2.73. The monoisotopic (exact) mass is 393 g/mol. The van der Waals surface area contributed by atoms with Crippen LogP contribution in [0.25, 0.3) is 6.08 Å². The third-order valence-electron chi connectivity index (χ3n) is 3.01. The largest absolute Gasteiger partial charge is 0.298 e. The molecule has 1 fully saturated rings. The fraction of sp³-hybridized carbons (Fsp3) is 0. The minimum absolute atomic E-state index is 0.325. The molecule has 6 heteroatoms. The van der Waals surface area contributed by atoms with Gasteiger partial charge in [0.1, 0.15) is 0 Å². The first-order valence-electron chi connectivity index (χ1n) is 6.34. The lowest BCUT2D eigenvalue weighted by atomic mass is 10.2. The molecule has 0 aromatic heterocycles. The molecule has 0 radical (unpaired) electrons. The van der Waals surface area contributed by atoms with Crippen molar-refractivity contribution < 1.29 is 9.59 Å². The van der Waals surface area contributed by atoms with Gasteiger partial charge in [-0.2, -0.15) is 0 Å². The minimum atomic E-state index is -0.336. The van der Waals surface area contributed by atoms with E-state index in [9.17, 15) is 9.59 Å². The first-order chi connectivity index (χ1) is 10.5. The molecule has 2 aromatic rings. The van der Waals surface area contributed by atoms with Crippen molar-refractivity contribution in [2.75, 3.05) is 4.90 Å². The van der Waals surface area contributed by atoms with E-state index in [-0.39, 0.29) is 11.1 Å². The van der Waals surface area contributed by atoms with E-state index in [2.05, 4.69) is 15.9 Å². The van der Waals surface area contributed by atoms with E-state index in [0.29, 0.717) is 15.6 Å². The second-order valence-electron chi connectivity index (χ2n) is 4.55. The fourth-order valence-electron chi connectivity index (χ4n) is 2.05. The quantitative estimate of drug-likeness (QED) is 0.645. The number of benzene rings is 2. The van der Waals surface area contributed by atoms with Crippen LogP contribution in [0.5, 0.6) is 0 Å². The van der Waals surface area contributed by atoms with E-state index in [1.165, 1.54) is 0 Å². The molecule has 0 spiro atoms. The summed E-state index contributed by atoms with van der Waals surface area (Å²) in [6.07, 6.45) is 1.71. The van der Waals surface area contributed by atoms with Crippen molar-refractivity contribution in [1.29, 1.82) is 0 Å². The van der Waals surface area contributed by atoms with Crippen molar-refractivity contribution in [3.63, 3.8) is 0 Å². The van der Waals surface area contributed by atoms with Crippen molar-refractivity contribution in [1.82, 2.24) is 0 Å². The van der Waals surface area contributed by atoms with E-state index in [1.54, 1.807) is 30.3 Å². The predicted molar refractivity (Wildman–Crippen MR) is 94.0 cm³/mol. The summed E-state index contributed by atoms with van der Waals surface area (Å²) in [6, 6.07) is 14.2. The molecule has 3 rings (SSSR count). The van der Waals surface area contributed by atoms with Gasteiger partial charge < -0.3 is 0 Å². The van der Waals surface area contributed by atoms with Gasteiger partial charge in [0.2, 0.25) is 0 Å². The van der Waals surface area contributed by atoms with Gasteiger partial charge in [-0.3, -0.25) is 9.59 Å². The second kappa shape index (κ2) is 6.28. The molecule has 1 saturated heterocycles. The minimum Gasteiger partial charge on any atom is -0.268 e. The first-order valence-corrected chi connectivity index (χ1v) is 8.32. The summed E-state index contributed by atoms with van der Waals surface area (Å²) in [7, 11) is 0. The van der Waals surface area contributed by atoms with Gasteiger partial charge in [-0.1, -0.05) is 45.7 Å². The SMILES string of the molecule is O=C1S/C(=C\c2cccc(Br)c2)C(=O)N1c1cccc(Cl)c1. The molecule has 1 aliphatic heterocycles. The van der Waals surface area contributed by atoms with Crippen LogP contribution in [0.15, 0.2) is 57.9 Å². The smallest absolute Gasteiger partial charge is 0.268 e. The molecular weight excluding hydrogens is 386 g/mol. The number of anilines is 1. The molecule has 2 amide bonds. The fourth-order valence-corrected chi connectivity index (χ4v) is 3.50. The highest BCUT2D eigenvalue weighted by Crippen LogP contribution is 2.36. The van der Waals surface area contributed by atoms with Crippen LogP contribution >= 0.6 is 39.3 Å². The van der Waals surface area contributed by atoms with Gasteiger partial charge in [-0.15, -0.1) is 0 Å². The number of hydrogen-bond donors (Lipinski definition) is 0. The van der Waals surface area contributed by atoms with Crippen LogP contribution < -0.4 is 4.90 Å². The number of rotatable bonds is 2. The normalized spacial score (nSPS) is 16.6. The Balaban J connectivity index is 1.95. The molecule has 3 nitrogen and oxygen atoms in total. The molecule has 0 saturated carbocycles. The topological polar surface area (TPSA) is 37.4 Å². The summed E-state index contributed by atoms with van der Waals surface area (Å²) in [5, 5.41) is 0.154. The first kappa shape index (κ1) is 15.3. The van der Waals surface area contributed by atoms with Crippen molar-refractivity contribution >= 4 is 62.2 Å². The zero-order chi connectivity index (χ0) is 15.7. The molecule has 0 N–H and O–H groups in total. The standard InChI is InChI=1S/C16H9BrClNO2S/c17-11-4-1-3-10(7-11)8-14-15(20)19(16(21)22-14)13-6-2-5-12(18)9-13/h1-9H/b14-8-. The van der Waals surface area contributed by atoms with E-state index in [1.807, 2.05) is 24.3 Å². The lowest BCUT2D eigenvalue weighted by Crippen LogP contribution is -2.27. The predicted octanol–water partition coefficient (Wildman–Crippen LogP) is 5.34. The second-order valence-corrected chi connectivity index (χ2v) is 6.90. The van der Waals surface area contributed by atoms with Gasteiger partial charge in [0.25, 0.3) is 11.1 Å². The Morgan fingerprint density at radius 3 is 2.59 bits per heavy atom. The molecule has 1 aliphatic rings. The van der Waals surface area contributed by atoms with Gasteiger partial charge >= 0.3 is 0 Å². The van der Waals surface area contributed by atoms with Crippen LogP contribution in [0.1, 0.15) is 5.56 Å². The van der Waals surface area contributed by atoms with Gasteiger partial charge in [0, 0.05) is 9.50 Å². The summed E-state index contributed by atoms with van der Waals surface area (Å²) in [6.45, 7) is 0. The number of imide groups is 1. The maximum atomic E-state index is 12.5. The van der Waals surface area contributed by atoms with E-state index in [0.717, 1.165) is 26.7 Å². The Kier molecular flexibility index (Phi) is 4.38. The molecule has 0 aliphatic carbocycles. The summed E-state index contributed by atoms with van der Waals surface area (Å²) in [5.41, 5.74) is 1.33. The number of hydrogen-bond acceptors (Lipinski definition) is 3. The highest BCUT2D eigenvalue weighted by molar-refractivity contribution is 9.10. The number of halogens is 2. The lowest BCUT2D eigenvalue weighted by Gasteiger charge is -2.12. The zero-order valence-electron chi connectivity index (χ0n) is 11.1. The van der Waals surface area contributed by atoms with E-state index < -0.39 is 0 Å². The van der Waals surface area contributed by atoms with Crippen LogP contribution in [0.3, 0.4) is 0 Å². The lowest BCUT2D eigenvalue weighted by molar-refractivity contribution is -0.113. The van der Waals surface area contributed by atoms with Crippen molar-refractivity contribution in [2.45, 2.75) is 0 Å². The highest BCUT2D eigenvalue weighted by Gasteiger charge is 2.36. The molecule has 1 heterocycles. The zero-order valence-corrected chi connectivity index (χ0v) is 14.3. The molecule has 0 unspecified atom stereocenters. The number of carbonyl (C=O) groups excluding carboxylic acids is 2. The van der Waals surface area contributed by atoms with Crippen LogP contribution in [0.2, 0.25) is 5.02 Å². The Morgan fingerprint density at radius 1 is 1.09 bits per heavy atom. The number of carbonyl (C=O) groups is 2. The number of thioether (sulfide) groups is 1. The summed E-state index contributed by atoms with van der Waals surface area (Å²) >= 11 is 10.2. The van der Waals surface area contributed by atoms with Gasteiger partial charge in [-0.05, 0) is 53.7 Å².